The lowest BCUT2D eigenvalue weighted by Gasteiger charge is -2.24. The van der Waals surface area contributed by atoms with Crippen molar-refractivity contribution in [2.45, 2.75) is 11.4 Å². The molecule has 0 amide bonds. The van der Waals surface area contributed by atoms with Crippen LogP contribution < -0.4 is 9.04 Å². The van der Waals surface area contributed by atoms with Gasteiger partial charge in [-0.05, 0) is 42.5 Å². The van der Waals surface area contributed by atoms with Crippen LogP contribution in [-0.2, 0) is 16.6 Å². The van der Waals surface area contributed by atoms with Gasteiger partial charge >= 0.3 is 0 Å². The van der Waals surface area contributed by atoms with E-state index in [0.29, 0.717) is 15.9 Å². The van der Waals surface area contributed by atoms with Gasteiger partial charge in [0.25, 0.3) is 10.0 Å². The Morgan fingerprint density at radius 1 is 1.08 bits per heavy atom. The second kappa shape index (κ2) is 7.33. The normalized spacial score (nSPS) is 11.3. The molecule has 1 heterocycles. The first kappa shape index (κ1) is 17.6. The molecule has 0 saturated carbocycles. The van der Waals surface area contributed by atoms with Crippen LogP contribution in [0, 0.1) is 0 Å². The molecule has 0 spiro atoms. The zero-order valence-electron chi connectivity index (χ0n) is 13.4. The Kier molecular flexibility index (Phi) is 5.15. The van der Waals surface area contributed by atoms with Crippen LogP contribution in [0.5, 0.6) is 5.75 Å². The molecule has 0 saturated heterocycles. The van der Waals surface area contributed by atoms with E-state index >= 15 is 0 Å². The fourth-order valence-electron chi connectivity index (χ4n) is 2.42. The minimum Gasteiger partial charge on any atom is -0.495 e. The second-order valence-corrected chi connectivity index (χ2v) is 7.97. The monoisotopic (exact) mass is 421 g/mol. The largest absolute Gasteiger partial charge is 0.495 e. The standard InChI is InChI=1S/C18H16BrNO4S/c1-23-17-10-9-14(19)12-18(17)25(21,22)20(13-16-8-5-11-24-16)15-6-3-2-4-7-15/h2-12H,13H2,1H3. The first-order valence-electron chi connectivity index (χ1n) is 7.46. The van der Waals surface area contributed by atoms with Gasteiger partial charge in [-0.3, -0.25) is 4.31 Å². The molecular weight excluding hydrogens is 406 g/mol. The van der Waals surface area contributed by atoms with E-state index in [1.54, 1.807) is 48.5 Å². The fourth-order valence-corrected chi connectivity index (χ4v) is 4.55. The average molecular weight is 422 g/mol. The second-order valence-electron chi connectivity index (χ2n) is 5.22. The van der Waals surface area contributed by atoms with Gasteiger partial charge in [-0.2, -0.15) is 0 Å². The first-order valence-corrected chi connectivity index (χ1v) is 9.69. The lowest BCUT2D eigenvalue weighted by Crippen LogP contribution is -2.30. The number of hydrogen-bond donors (Lipinski definition) is 0. The van der Waals surface area contributed by atoms with Crippen LogP contribution in [0.25, 0.3) is 0 Å². The van der Waals surface area contributed by atoms with E-state index in [-0.39, 0.29) is 17.2 Å². The molecular formula is C18H16BrNO4S. The summed E-state index contributed by atoms with van der Waals surface area (Å²) in [5, 5.41) is 0. The molecule has 0 unspecified atom stereocenters. The van der Waals surface area contributed by atoms with Gasteiger partial charge < -0.3 is 9.15 Å². The summed E-state index contributed by atoms with van der Waals surface area (Å²) in [5.41, 5.74) is 0.543. The first-order chi connectivity index (χ1) is 12.0. The Morgan fingerprint density at radius 3 is 2.48 bits per heavy atom. The molecule has 2 aromatic carbocycles. The molecule has 130 valence electrons. The molecule has 0 aliphatic heterocycles. The third kappa shape index (κ3) is 3.72. The van der Waals surface area contributed by atoms with E-state index in [4.69, 9.17) is 9.15 Å². The smallest absolute Gasteiger partial charge is 0.268 e. The molecule has 0 aliphatic carbocycles. The number of sulfonamides is 1. The maximum absolute atomic E-state index is 13.4. The number of para-hydroxylation sites is 1. The highest BCUT2D eigenvalue weighted by Crippen LogP contribution is 2.33. The van der Waals surface area contributed by atoms with Gasteiger partial charge in [-0.25, -0.2) is 8.42 Å². The van der Waals surface area contributed by atoms with Crippen LogP contribution >= 0.6 is 15.9 Å². The Bertz CT molecular complexity index is 940. The number of halogens is 1. The summed E-state index contributed by atoms with van der Waals surface area (Å²) in [6.45, 7) is 0.0784. The maximum Gasteiger partial charge on any atom is 0.268 e. The van der Waals surface area contributed by atoms with Crippen molar-refractivity contribution in [3.63, 3.8) is 0 Å². The third-order valence-electron chi connectivity index (χ3n) is 3.62. The quantitative estimate of drug-likeness (QED) is 0.589. The van der Waals surface area contributed by atoms with Gasteiger partial charge in [0.2, 0.25) is 0 Å². The van der Waals surface area contributed by atoms with Crippen molar-refractivity contribution >= 4 is 31.6 Å². The van der Waals surface area contributed by atoms with Crippen molar-refractivity contribution in [2.24, 2.45) is 0 Å². The van der Waals surface area contributed by atoms with Crippen molar-refractivity contribution in [2.75, 3.05) is 11.4 Å². The highest BCUT2D eigenvalue weighted by Gasteiger charge is 2.29. The summed E-state index contributed by atoms with van der Waals surface area (Å²) >= 11 is 3.33. The van der Waals surface area contributed by atoms with Gasteiger partial charge in [0, 0.05) is 4.47 Å². The maximum atomic E-state index is 13.4. The van der Waals surface area contributed by atoms with Crippen molar-refractivity contribution < 1.29 is 17.6 Å². The number of benzene rings is 2. The van der Waals surface area contributed by atoms with Crippen molar-refractivity contribution in [1.29, 1.82) is 0 Å². The summed E-state index contributed by atoms with van der Waals surface area (Å²) in [4.78, 5) is 0.0831. The van der Waals surface area contributed by atoms with Crippen LogP contribution in [0.4, 0.5) is 5.69 Å². The molecule has 0 N–H and O–H groups in total. The molecule has 0 radical (unpaired) electrons. The number of nitrogens with zero attached hydrogens (tertiary/aromatic N) is 1. The Hall–Kier alpha value is -2.25. The van der Waals surface area contributed by atoms with Crippen LogP contribution in [-0.4, -0.2) is 15.5 Å². The van der Waals surface area contributed by atoms with Gasteiger partial charge in [-0.15, -0.1) is 0 Å². The van der Waals surface area contributed by atoms with E-state index < -0.39 is 10.0 Å². The third-order valence-corrected chi connectivity index (χ3v) is 5.91. The topological polar surface area (TPSA) is 59.8 Å². The molecule has 25 heavy (non-hydrogen) atoms. The number of rotatable bonds is 6. The number of furan rings is 1. The molecule has 0 bridgehead atoms. The van der Waals surface area contributed by atoms with Crippen molar-refractivity contribution in [1.82, 2.24) is 0 Å². The summed E-state index contributed by atoms with van der Waals surface area (Å²) in [7, 11) is -2.43. The SMILES string of the molecule is COc1ccc(Br)cc1S(=O)(=O)N(Cc1ccco1)c1ccccc1. The molecule has 0 aliphatic rings. The van der Waals surface area contributed by atoms with Crippen LogP contribution in [0.1, 0.15) is 5.76 Å². The average Bonchev–Trinajstić information content (AvgIpc) is 3.13. The summed E-state index contributed by atoms with van der Waals surface area (Å²) < 4.78 is 39.3. The van der Waals surface area contributed by atoms with Crippen molar-refractivity contribution in [3.05, 3.63) is 77.2 Å². The zero-order chi connectivity index (χ0) is 17.9. The number of methoxy groups -OCH3 is 1. The molecule has 3 rings (SSSR count). The predicted molar refractivity (Wildman–Crippen MR) is 99.2 cm³/mol. The van der Waals surface area contributed by atoms with E-state index in [9.17, 15) is 8.42 Å². The highest BCUT2D eigenvalue weighted by molar-refractivity contribution is 9.10. The van der Waals surface area contributed by atoms with Gasteiger partial charge in [-0.1, -0.05) is 34.1 Å². The summed E-state index contributed by atoms with van der Waals surface area (Å²) in [6, 6.07) is 17.2. The van der Waals surface area contributed by atoms with E-state index in [0.717, 1.165) is 0 Å². The molecule has 5 nitrogen and oxygen atoms in total. The molecule has 7 heteroatoms. The number of anilines is 1. The highest BCUT2D eigenvalue weighted by atomic mass is 79.9. The Morgan fingerprint density at radius 2 is 1.84 bits per heavy atom. The van der Waals surface area contributed by atoms with E-state index in [1.807, 2.05) is 6.07 Å². The summed E-state index contributed by atoms with van der Waals surface area (Å²) in [6.07, 6.45) is 1.52. The number of ether oxygens (including phenoxy) is 1. The van der Waals surface area contributed by atoms with Gasteiger partial charge in [0.05, 0.1) is 25.6 Å². The fraction of sp³-hybridized carbons (Fsp3) is 0.111. The van der Waals surface area contributed by atoms with Crippen molar-refractivity contribution in [3.8, 4) is 5.75 Å². The van der Waals surface area contributed by atoms with E-state index in [1.165, 1.54) is 23.7 Å². The molecule has 0 fully saturated rings. The van der Waals surface area contributed by atoms with Crippen LogP contribution in [0.2, 0.25) is 0 Å². The lowest BCUT2D eigenvalue weighted by molar-refractivity contribution is 0.402. The van der Waals surface area contributed by atoms with Gasteiger partial charge in [0.15, 0.2) is 0 Å². The molecule has 3 aromatic rings. The Balaban J connectivity index is 2.13. The summed E-state index contributed by atoms with van der Waals surface area (Å²) in [5.74, 6) is 0.824. The van der Waals surface area contributed by atoms with Crippen LogP contribution in [0.15, 0.2) is 80.7 Å². The van der Waals surface area contributed by atoms with Gasteiger partial charge in [0.1, 0.15) is 16.4 Å². The lowest BCUT2D eigenvalue weighted by atomic mass is 10.3. The predicted octanol–water partition coefficient (Wildman–Crippen LogP) is 4.45. The Labute approximate surface area is 155 Å². The zero-order valence-corrected chi connectivity index (χ0v) is 15.8. The molecule has 1 aromatic heterocycles. The number of hydrogen-bond acceptors (Lipinski definition) is 4. The van der Waals surface area contributed by atoms with E-state index in [2.05, 4.69) is 15.9 Å². The molecule has 0 atom stereocenters. The minimum atomic E-state index is -3.88. The van der Waals surface area contributed by atoms with Crippen LogP contribution in [0.3, 0.4) is 0 Å². The minimum absolute atomic E-state index is 0.0784.